The number of nitrogens with one attached hydrogen (secondary N) is 1. The molecular weight excluding hydrogens is 244 g/mol. The minimum Gasteiger partial charge on any atom is -0.301 e. The van der Waals surface area contributed by atoms with Crippen LogP contribution in [0.4, 0.5) is 0 Å². The van der Waals surface area contributed by atoms with Crippen LogP contribution in [0.2, 0.25) is 0 Å². The van der Waals surface area contributed by atoms with Crippen molar-refractivity contribution in [2.45, 2.75) is 39.3 Å². The normalized spacial score (nSPS) is 19.5. The Bertz CT molecular complexity index is 495. The second-order valence-electron chi connectivity index (χ2n) is 4.93. The van der Waals surface area contributed by atoms with E-state index in [0.29, 0.717) is 13.1 Å². The first-order valence-corrected chi connectivity index (χ1v) is 6.59. The summed E-state index contributed by atoms with van der Waals surface area (Å²) in [5.74, 6) is -0.180. The predicted octanol–water partition coefficient (Wildman–Crippen LogP) is 0.356. The fraction of sp³-hybridized carbons (Fsp3) is 0.615. The molecule has 1 aliphatic rings. The molecule has 104 valence electrons. The topological polar surface area (TPSA) is 67.2 Å². The maximum Gasteiger partial charge on any atom is 0.246 e. The van der Waals surface area contributed by atoms with Crippen LogP contribution in [0, 0.1) is 6.92 Å². The van der Waals surface area contributed by atoms with Gasteiger partial charge >= 0.3 is 0 Å². The molecule has 1 fully saturated rings. The van der Waals surface area contributed by atoms with Gasteiger partial charge in [0, 0.05) is 31.9 Å². The summed E-state index contributed by atoms with van der Waals surface area (Å²) in [6, 6.07) is -0.390. The predicted molar refractivity (Wildman–Crippen MR) is 70.2 cm³/mol. The van der Waals surface area contributed by atoms with Crippen molar-refractivity contribution in [1.82, 2.24) is 20.0 Å². The van der Waals surface area contributed by atoms with Gasteiger partial charge in [-0.2, -0.15) is 5.10 Å². The van der Waals surface area contributed by atoms with E-state index < -0.39 is 6.04 Å². The number of carbonyl (C=O) groups excluding carboxylic acids is 2. The van der Waals surface area contributed by atoms with Gasteiger partial charge in [0.2, 0.25) is 11.8 Å². The summed E-state index contributed by atoms with van der Waals surface area (Å²) in [7, 11) is 1.86. The van der Waals surface area contributed by atoms with Crippen molar-refractivity contribution in [3.8, 4) is 0 Å². The third-order valence-electron chi connectivity index (χ3n) is 3.35. The Kier molecular flexibility index (Phi) is 3.99. The van der Waals surface area contributed by atoms with Gasteiger partial charge in [-0.1, -0.05) is 6.92 Å². The Balaban J connectivity index is 1.96. The molecule has 0 spiro atoms. The number of likely N-dealkylation sites (tertiary alicyclic amines) is 1. The zero-order valence-electron chi connectivity index (χ0n) is 11.6. The number of imide groups is 1. The van der Waals surface area contributed by atoms with E-state index in [2.05, 4.69) is 10.4 Å². The lowest BCUT2D eigenvalue weighted by Gasteiger charge is -2.14. The van der Waals surface area contributed by atoms with Crippen molar-refractivity contribution in [3.63, 3.8) is 0 Å². The van der Waals surface area contributed by atoms with E-state index in [9.17, 15) is 9.59 Å². The Hall–Kier alpha value is -1.69. The van der Waals surface area contributed by atoms with E-state index in [0.717, 1.165) is 17.7 Å². The van der Waals surface area contributed by atoms with Crippen molar-refractivity contribution in [1.29, 1.82) is 0 Å². The van der Waals surface area contributed by atoms with E-state index in [1.54, 1.807) is 4.68 Å². The standard InChI is InChI=1S/C13H20N4O2/c1-4-5-17-12(18)6-11(13(17)19)14-7-10-8-16(3)15-9(10)2/h8,11,14H,4-7H2,1-3H3. The zero-order chi connectivity index (χ0) is 14.0. The molecule has 2 amide bonds. The van der Waals surface area contributed by atoms with Crippen LogP contribution in [-0.4, -0.2) is 39.1 Å². The first-order chi connectivity index (χ1) is 9.02. The first-order valence-electron chi connectivity index (χ1n) is 6.59. The molecule has 1 N–H and O–H groups in total. The SMILES string of the molecule is CCCN1C(=O)CC(NCc2cn(C)nc2C)C1=O. The van der Waals surface area contributed by atoms with Gasteiger partial charge in [-0.3, -0.25) is 19.2 Å². The highest BCUT2D eigenvalue weighted by molar-refractivity contribution is 6.05. The number of carbonyl (C=O) groups is 2. The molecule has 0 aromatic carbocycles. The molecule has 0 aliphatic carbocycles. The Labute approximate surface area is 112 Å². The summed E-state index contributed by atoms with van der Waals surface area (Å²) >= 11 is 0. The minimum atomic E-state index is -0.390. The Morgan fingerprint density at radius 1 is 1.47 bits per heavy atom. The first kappa shape index (κ1) is 13.7. The molecule has 1 saturated heterocycles. The highest BCUT2D eigenvalue weighted by Crippen LogP contribution is 2.14. The molecule has 1 aromatic heterocycles. The van der Waals surface area contributed by atoms with Gasteiger partial charge < -0.3 is 5.32 Å². The van der Waals surface area contributed by atoms with Crippen LogP contribution in [0.5, 0.6) is 0 Å². The van der Waals surface area contributed by atoms with Gasteiger partial charge in [0.15, 0.2) is 0 Å². The van der Waals surface area contributed by atoms with Crippen molar-refractivity contribution < 1.29 is 9.59 Å². The van der Waals surface area contributed by atoms with E-state index >= 15 is 0 Å². The third-order valence-corrected chi connectivity index (χ3v) is 3.35. The van der Waals surface area contributed by atoms with Gasteiger partial charge in [-0.05, 0) is 13.3 Å². The lowest BCUT2D eigenvalue weighted by Crippen LogP contribution is -2.38. The number of amides is 2. The summed E-state index contributed by atoms with van der Waals surface area (Å²) in [5, 5.41) is 7.40. The third kappa shape index (κ3) is 2.84. The van der Waals surface area contributed by atoms with E-state index in [4.69, 9.17) is 0 Å². The van der Waals surface area contributed by atoms with Crippen LogP contribution in [0.25, 0.3) is 0 Å². The molecule has 2 heterocycles. The molecule has 1 aromatic rings. The average molecular weight is 264 g/mol. The molecule has 19 heavy (non-hydrogen) atoms. The quantitative estimate of drug-likeness (QED) is 0.780. The zero-order valence-corrected chi connectivity index (χ0v) is 11.6. The average Bonchev–Trinajstić information content (AvgIpc) is 2.81. The smallest absolute Gasteiger partial charge is 0.246 e. The molecule has 1 unspecified atom stereocenters. The van der Waals surface area contributed by atoms with E-state index in [1.165, 1.54) is 4.90 Å². The van der Waals surface area contributed by atoms with Gasteiger partial charge in [0.25, 0.3) is 0 Å². The summed E-state index contributed by atoms with van der Waals surface area (Å²) in [5.41, 5.74) is 1.99. The summed E-state index contributed by atoms with van der Waals surface area (Å²) < 4.78 is 1.75. The van der Waals surface area contributed by atoms with Gasteiger partial charge in [-0.25, -0.2) is 0 Å². The summed E-state index contributed by atoms with van der Waals surface area (Å²) in [6.07, 6.45) is 2.98. The molecule has 0 saturated carbocycles. The second kappa shape index (κ2) is 5.52. The lowest BCUT2D eigenvalue weighted by molar-refractivity contribution is -0.138. The van der Waals surface area contributed by atoms with Crippen LogP contribution >= 0.6 is 0 Å². The monoisotopic (exact) mass is 264 g/mol. The van der Waals surface area contributed by atoms with E-state index in [1.807, 2.05) is 27.1 Å². The van der Waals surface area contributed by atoms with Crippen LogP contribution in [0.15, 0.2) is 6.20 Å². The number of aromatic nitrogens is 2. The molecule has 6 nitrogen and oxygen atoms in total. The Morgan fingerprint density at radius 3 is 2.79 bits per heavy atom. The maximum atomic E-state index is 12.0. The lowest BCUT2D eigenvalue weighted by atomic mass is 10.2. The molecule has 1 aliphatic heterocycles. The minimum absolute atomic E-state index is 0.0766. The molecule has 1 atom stereocenters. The van der Waals surface area contributed by atoms with Crippen LogP contribution < -0.4 is 5.32 Å². The largest absolute Gasteiger partial charge is 0.301 e. The van der Waals surface area contributed by atoms with Gasteiger partial charge in [-0.15, -0.1) is 0 Å². The van der Waals surface area contributed by atoms with Gasteiger partial charge in [0.1, 0.15) is 0 Å². The molecule has 0 radical (unpaired) electrons. The van der Waals surface area contributed by atoms with Crippen LogP contribution in [-0.2, 0) is 23.2 Å². The van der Waals surface area contributed by atoms with Crippen molar-refractivity contribution in [2.24, 2.45) is 7.05 Å². The van der Waals surface area contributed by atoms with Crippen molar-refractivity contribution in [3.05, 3.63) is 17.5 Å². The number of nitrogens with zero attached hydrogens (tertiary/aromatic N) is 3. The molecule has 0 bridgehead atoms. The van der Waals surface area contributed by atoms with E-state index in [-0.39, 0.29) is 18.2 Å². The van der Waals surface area contributed by atoms with Gasteiger partial charge in [0.05, 0.1) is 18.2 Å². The number of aryl methyl sites for hydroxylation is 2. The highest BCUT2D eigenvalue weighted by atomic mass is 16.2. The highest BCUT2D eigenvalue weighted by Gasteiger charge is 2.37. The van der Waals surface area contributed by atoms with Crippen LogP contribution in [0.3, 0.4) is 0 Å². The fourth-order valence-corrected chi connectivity index (χ4v) is 2.36. The van der Waals surface area contributed by atoms with Crippen molar-refractivity contribution in [2.75, 3.05) is 6.54 Å². The van der Waals surface area contributed by atoms with Crippen LogP contribution in [0.1, 0.15) is 31.0 Å². The fourth-order valence-electron chi connectivity index (χ4n) is 2.36. The number of rotatable bonds is 5. The van der Waals surface area contributed by atoms with Crippen molar-refractivity contribution >= 4 is 11.8 Å². The summed E-state index contributed by atoms with van der Waals surface area (Å²) in [4.78, 5) is 25.1. The number of hydrogen-bond donors (Lipinski definition) is 1. The summed E-state index contributed by atoms with van der Waals surface area (Å²) in [6.45, 7) is 4.97. The Morgan fingerprint density at radius 2 is 2.21 bits per heavy atom. The second-order valence-corrected chi connectivity index (χ2v) is 4.93. The molecular formula is C13H20N4O2. The molecule has 6 heteroatoms. The maximum absolute atomic E-state index is 12.0. The molecule has 2 rings (SSSR count). The number of hydrogen-bond acceptors (Lipinski definition) is 4.